The van der Waals surface area contributed by atoms with Gasteiger partial charge in [-0.2, -0.15) is 0 Å². The average Bonchev–Trinajstić information content (AvgIpc) is 2.67. The third-order valence-electron chi connectivity index (χ3n) is 4.16. The van der Waals surface area contributed by atoms with Crippen molar-refractivity contribution in [1.82, 2.24) is 5.32 Å². The minimum absolute atomic E-state index is 0.172. The Kier molecular flexibility index (Phi) is 5.88. The zero-order valence-corrected chi connectivity index (χ0v) is 13.3. The third-order valence-corrected chi connectivity index (χ3v) is 4.90. The second-order valence-electron chi connectivity index (χ2n) is 5.63. The molecular weight excluding hydrogens is 293 g/mol. The van der Waals surface area contributed by atoms with Crippen molar-refractivity contribution < 1.29 is 4.79 Å². The lowest BCUT2D eigenvalue weighted by Gasteiger charge is -2.19. The fourth-order valence-electron chi connectivity index (χ4n) is 2.96. The monoisotopic (exact) mass is 313 g/mol. The van der Waals surface area contributed by atoms with Crippen LogP contribution in [0.1, 0.15) is 48.9 Å². The van der Waals surface area contributed by atoms with Crippen molar-refractivity contribution >= 4 is 29.0 Å². The molecule has 1 saturated carbocycles. The normalized spacial score (nSPS) is 23.4. The minimum atomic E-state index is 0.172. The molecule has 0 aromatic heterocycles. The zero-order chi connectivity index (χ0) is 14.5. The van der Waals surface area contributed by atoms with E-state index in [0.29, 0.717) is 34.0 Å². The van der Waals surface area contributed by atoms with Gasteiger partial charge in [-0.05, 0) is 50.4 Å². The number of nitrogens with one attached hydrogen (secondary N) is 1. The van der Waals surface area contributed by atoms with Gasteiger partial charge in [-0.1, -0.05) is 36.0 Å². The summed E-state index contributed by atoms with van der Waals surface area (Å²) in [6, 6.07) is 5.69. The van der Waals surface area contributed by atoms with Crippen molar-refractivity contribution in [2.75, 3.05) is 7.05 Å². The summed E-state index contributed by atoms with van der Waals surface area (Å²) in [4.78, 5) is 12.4. The van der Waals surface area contributed by atoms with E-state index in [1.165, 1.54) is 19.3 Å². The lowest BCUT2D eigenvalue weighted by Crippen LogP contribution is -2.27. The number of rotatable bonds is 4. The fraction of sp³-hybridized carbons (Fsp3) is 0.562. The van der Waals surface area contributed by atoms with Crippen LogP contribution < -0.4 is 5.32 Å². The van der Waals surface area contributed by atoms with Gasteiger partial charge in [0.15, 0.2) is 5.78 Å². The van der Waals surface area contributed by atoms with Gasteiger partial charge in [0.05, 0.1) is 10.0 Å². The van der Waals surface area contributed by atoms with Crippen LogP contribution in [0, 0.1) is 5.92 Å². The Morgan fingerprint density at radius 1 is 1.25 bits per heavy atom. The van der Waals surface area contributed by atoms with Crippen LogP contribution >= 0.6 is 23.2 Å². The summed E-state index contributed by atoms with van der Waals surface area (Å²) in [5.74, 6) is 0.641. The average molecular weight is 314 g/mol. The maximum atomic E-state index is 12.4. The first-order valence-corrected chi connectivity index (χ1v) is 8.01. The first-order valence-electron chi connectivity index (χ1n) is 7.25. The number of benzene rings is 1. The molecule has 0 amide bonds. The molecule has 1 aromatic rings. The summed E-state index contributed by atoms with van der Waals surface area (Å²) in [5.41, 5.74) is 0.671. The second kappa shape index (κ2) is 7.44. The Balaban J connectivity index is 2.00. The molecular formula is C16H21Cl2NO. The van der Waals surface area contributed by atoms with Crippen molar-refractivity contribution in [3.8, 4) is 0 Å². The molecule has 0 saturated heterocycles. The van der Waals surface area contributed by atoms with Crippen molar-refractivity contribution in [3.05, 3.63) is 33.8 Å². The van der Waals surface area contributed by atoms with Gasteiger partial charge in [0, 0.05) is 18.0 Å². The number of Topliss-reactive ketones (excluding diaryl/α,β-unsaturated/α-hetero) is 1. The molecule has 110 valence electrons. The van der Waals surface area contributed by atoms with E-state index in [1.807, 2.05) is 7.05 Å². The fourth-order valence-corrected chi connectivity index (χ4v) is 3.26. The molecule has 1 fully saturated rings. The highest BCUT2D eigenvalue weighted by atomic mass is 35.5. The highest BCUT2D eigenvalue weighted by molar-refractivity contribution is 6.42. The van der Waals surface area contributed by atoms with Crippen LogP contribution in [0.4, 0.5) is 0 Å². The van der Waals surface area contributed by atoms with Crippen LogP contribution in [0.15, 0.2) is 18.2 Å². The number of ketones is 1. The molecule has 2 rings (SSSR count). The SMILES string of the molecule is CNC1CCCCC(CC(=O)c2ccc(Cl)c(Cl)c2)C1. The molecule has 0 bridgehead atoms. The predicted octanol–water partition coefficient (Wildman–Crippen LogP) is 4.73. The summed E-state index contributed by atoms with van der Waals surface area (Å²) in [5, 5.41) is 4.30. The summed E-state index contributed by atoms with van der Waals surface area (Å²) < 4.78 is 0. The Morgan fingerprint density at radius 3 is 2.70 bits per heavy atom. The highest BCUT2D eigenvalue weighted by Gasteiger charge is 2.22. The molecule has 20 heavy (non-hydrogen) atoms. The number of hydrogen-bond acceptors (Lipinski definition) is 2. The van der Waals surface area contributed by atoms with Gasteiger partial charge in [-0.25, -0.2) is 0 Å². The van der Waals surface area contributed by atoms with Crippen molar-refractivity contribution in [2.24, 2.45) is 5.92 Å². The lowest BCUT2D eigenvalue weighted by molar-refractivity contribution is 0.0955. The number of halogens is 2. The predicted molar refractivity (Wildman–Crippen MR) is 84.8 cm³/mol. The van der Waals surface area contributed by atoms with E-state index in [1.54, 1.807) is 18.2 Å². The second-order valence-corrected chi connectivity index (χ2v) is 6.44. The van der Waals surface area contributed by atoms with Crippen LogP contribution in [0.2, 0.25) is 10.0 Å². The van der Waals surface area contributed by atoms with E-state index in [4.69, 9.17) is 23.2 Å². The largest absolute Gasteiger partial charge is 0.317 e. The molecule has 2 atom stereocenters. The summed E-state index contributed by atoms with van der Waals surface area (Å²) in [6.07, 6.45) is 6.53. The topological polar surface area (TPSA) is 29.1 Å². The molecule has 4 heteroatoms. The molecule has 0 spiro atoms. The molecule has 2 nitrogen and oxygen atoms in total. The van der Waals surface area contributed by atoms with Crippen LogP contribution in [-0.2, 0) is 0 Å². The van der Waals surface area contributed by atoms with Gasteiger partial charge in [0.1, 0.15) is 0 Å². The standard InChI is InChI=1S/C16H21Cl2NO/c1-19-13-5-3-2-4-11(8-13)9-16(20)12-6-7-14(17)15(18)10-12/h6-7,10-11,13,19H,2-5,8-9H2,1H3. The van der Waals surface area contributed by atoms with E-state index in [2.05, 4.69) is 5.32 Å². The lowest BCUT2D eigenvalue weighted by atomic mass is 9.90. The molecule has 1 aliphatic carbocycles. The molecule has 2 unspecified atom stereocenters. The quantitative estimate of drug-likeness (QED) is 0.643. The first-order chi connectivity index (χ1) is 9.60. The van der Waals surface area contributed by atoms with E-state index in [9.17, 15) is 4.79 Å². The van der Waals surface area contributed by atoms with Gasteiger partial charge in [-0.15, -0.1) is 0 Å². The van der Waals surface area contributed by atoms with Crippen LogP contribution in [0.5, 0.6) is 0 Å². The highest BCUT2D eigenvalue weighted by Crippen LogP contribution is 2.28. The van der Waals surface area contributed by atoms with Crippen LogP contribution in [0.25, 0.3) is 0 Å². The Hall–Kier alpha value is -0.570. The third kappa shape index (κ3) is 4.21. The van der Waals surface area contributed by atoms with E-state index in [-0.39, 0.29) is 5.78 Å². The summed E-state index contributed by atoms with van der Waals surface area (Å²) in [7, 11) is 2.01. The Morgan fingerprint density at radius 2 is 2.00 bits per heavy atom. The molecule has 0 aliphatic heterocycles. The van der Waals surface area contributed by atoms with Crippen LogP contribution in [-0.4, -0.2) is 18.9 Å². The summed E-state index contributed by atoms with van der Waals surface area (Å²) >= 11 is 11.9. The molecule has 1 aromatic carbocycles. The minimum Gasteiger partial charge on any atom is -0.317 e. The maximum Gasteiger partial charge on any atom is 0.163 e. The smallest absolute Gasteiger partial charge is 0.163 e. The molecule has 0 radical (unpaired) electrons. The van der Waals surface area contributed by atoms with Crippen molar-refractivity contribution in [3.63, 3.8) is 0 Å². The van der Waals surface area contributed by atoms with Gasteiger partial charge >= 0.3 is 0 Å². The zero-order valence-electron chi connectivity index (χ0n) is 11.8. The van der Waals surface area contributed by atoms with E-state index in [0.717, 1.165) is 12.8 Å². The van der Waals surface area contributed by atoms with Gasteiger partial charge in [0.25, 0.3) is 0 Å². The van der Waals surface area contributed by atoms with Gasteiger partial charge < -0.3 is 5.32 Å². The Bertz CT molecular complexity index is 476. The summed E-state index contributed by atoms with van der Waals surface area (Å²) in [6.45, 7) is 0. The number of carbonyl (C=O) groups excluding carboxylic acids is 1. The molecule has 1 N–H and O–H groups in total. The Labute approximate surface area is 130 Å². The van der Waals surface area contributed by atoms with E-state index >= 15 is 0 Å². The molecule has 0 heterocycles. The van der Waals surface area contributed by atoms with Gasteiger partial charge in [-0.3, -0.25) is 4.79 Å². The van der Waals surface area contributed by atoms with Crippen LogP contribution in [0.3, 0.4) is 0 Å². The molecule has 1 aliphatic rings. The number of hydrogen-bond donors (Lipinski definition) is 1. The number of carbonyl (C=O) groups is 1. The van der Waals surface area contributed by atoms with Crippen molar-refractivity contribution in [1.29, 1.82) is 0 Å². The van der Waals surface area contributed by atoms with E-state index < -0.39 is 0 Å². The first kappa shape index (κ1) is 15.8. The maximum absolute atomic E-state index is 12.4. The van der Waals surface area contributed by atoms with Gasteiger partial charge in [0.2, 0.25) is 0 Å². The van der Waals surface area contributed by atoms with Crippen molar-refractivity contribution in [2.45, 2.75) is 44.6 Å².